The Morgan fingerprint density at radius 3 is 2.41 bits per heavy atom. The monoisotopic (exact) mass is 385 g/mol. The van der Waals surface area contributed by atoms with Gasteiger partial charge in [-0.05, 0) is 35.6 Å². The van der Waals surface area contributed by atoms with Gasteiger partial charge in [0.2, 0.25) is 10.0 Å². The molecular weight excluding hydrogens is 366 g/mol. The molecule has 0 unspecified atom stereocenters. The van der Waals surface area contributed by atoms with E-state index in [1.54, 1.807) is 42.5 Å². The van der Waals surface area contributed by atoms with Crippen molar-refractivity contribution in [2.75, 3.05) is 13.2 Å². The second kappa shape index (κ2) is 8.20. The number of benzene rings is 3. The number of aliphatic carboxylic acids is 1. The number of hydrogen-bond donors (Lipinski definition) is 2. The highest BCUT2D eigenvalue weighted by Gasteiger charge is 2.16. The predicted octanol–water partition coefficient (Wildman–Crippen LogP) is 2.82. The molecule has 0 heterocycles. The summed E-state index contributed by atoms with van der Waals surface area (Å²) in [4.78, 5) is 10.7. The molecule has 0 fully saturated rings. The van der Waals surface area contributed by atoms with E-state index in [0.717, 1.165) is 10.9 Å². The van der Waals surface area contributed by atoms with Gasteiger partial charge < -0.3 is 9.84 Å². The maximum atomic E-state index is 12.7. The van der Waals surface area contributed by atoms with E-state index in [2.05, 4.69) is 4.72 Å². The standard InChI is InChI=1S/C20H19NO5S/c22-20(23)14-26-17-10-8-15(9-11-17)12-13-21-27(24,25)19-7-3-5-16-4-1-2-6-18(16)19/h1-11,21H,12-14H2,(H,22,23). The third-order valence-corrected chi connectivity index (χ3v) is 5.55. The predicted molar refractivity (Wildman–Crippen MR) is 102 cm³/mol. The lowest BCUT2D eigenvalue weighted by molar-refractivity contribution is -0.139. The van der Waals surface area contributed by atoms with E-state index in [-0.39, 0.29) is 11.4 Å². The minimum absolute atomic E-state index is 0.251. The number of ether oxygens (including phenoxy) is 1. The van der Waals surface area contributed by atoms with Crippen LogP contribution < -0.4 is 9.46 Å². The van der Waals surface area contributed by atoms with Crippen LogP contribution >= 0.6 is 0 Å². The number of fused-ring (bicyclic) bond motifs is 1. The Hall–Kier alpha value is -2.90. The minimum Gasteiger partial charge on any atom is -0.482 e. The summed E-state index contributed by atoms with van der Waals surface area (Å²) in [5.74, 6) is -0.584. The van der Waals surface area contributed by atoms with Crippen LogP contribution in [0.15, 0.2) is 71.6 Å². The highest BCUT2D eigenvalue weighted by Crippen LogP contribution is 2.22. The first-order valence-electron chi connectivity index (χ1n) is 8.37. The summed E-state index contributed by atoms with van der Waals surface area (Å²) in [5.41, 5.74) is 0.915. The Balaban J connectivity index is 1.63. The average Bonchev–Trinajstić information content (AvgIpc) is 2.66. The highest BCUT2D eigenvalue weighted by molar-refractivity contribution is 7.89. The lowest BCUT2D eigenvalue weighted by Crippen LogP contribution is -2.26. The largest absolute Gasteiger partial charge is 0.482 e. The summed E-state index contributed by atoms with van der Waals surface area (Å²) in [6.45, 7) is -0.148. The number of carboxylic acid groups (broad SMARTS) is 1. The molecule has 7 heteroatoms. The maximum Gasteiger partial charge on any atom is 0.341 e. The fourth-order valence-electron chi connectivity index (χ4n) is 2.73. The Bertz CT molecular complexity index is 1040. The van der Waals surface area contributed by atoms with Crippen molar-refractivity contribution in [2.45, 2.75) is 11.3 Å². The summed E-state index contributed by atoms with van der Waals surface area (Å²) in [7, 11) is -3.62. The summed E-state index contributed by atoms with van der Waals surface area (Å²) in [5, 5.41) is 10.2. The fourth-order valence-corrected chi connectivity index (χ4v) is 3.99. The van der Waals surface area contributed by atoms with E-state index < -0.39 is 22.6 Å². The summed E-state index contributed by atoms with van der Waals surface area (Å²) in [6, 6.07) is 19.4. The molecule has 27 heavy (non-hydrogen) atoms. The molecule has 3 rings (SSSR count). The number of carbonyl (C=O) groups is 1. The SMILES string of the molecule is O=C(O)COc1ccc(CCNS(=O)(=O)c2cccc3ccccc23)cc1. The maximum absolute atomic E-state index is 12.7. The van der Waals surface area contributed by atoms with Crippen molar-refractivity contribution < 1.29 is 23.1 Å². The van der Waals surface area contributed by atoms with Gasteiger partial charge in [0, 0.05) is 11.9 Å². The van der Waals surface area contributed by atoms with Gasteiger partial charge in [-0.15, -0.1) is 0 Å². The molecule has 0 saturated carbocycles. The van der Waals surface area contributed by atoms with Gasteiger partial charge in [0.1, 0.15) is 5.75 Å². The van der Waals surface area contributed by atoms with Gasteiger partial charge in [-0.2, -0.15) is 0 Å². The van der Waals surface area contributed by atoms with Crippen LogP contribution in [0.2, 0.25) is 0 Å². The zero-order valence-corrected chi connectivity index (χ0v) is 15.3. The molecule has 0 aliphatic heterocycles. The van der Waals surface area contributed by atoms with E-state index in [0.29, 0.717) is 17.6 Å². The van der Waals surface area contributed by atoms with Crippen LogP contribution in [0.4, 0.5) is 0 Å². The van der Waals surface area contributed by atoms with Gasteiger partial charge in [-0.3, -0.25) is 0 Å². The second-order valence-electron chi connectivity index (χ2n) is 5.95. The lowest BCUT2D eigenvalue weighted by atomic mass is 10.1. The molecular formula is C20H19NO5S. The van der Waals surface area contributed by atoms with Crippen molar-refractivity contribution in [1.29, 1.82) is 0 Å². The third-order valence-electron chi connectivity index (χ3n) is 4.03. The van der Waals surface area contributed by atoms with E-state index in [9.17, 15) is 13.2 Å². The number of rotatable bonds is 8. The Labute approximate surface area is 157 Å². The van der Waals surface area contributed by atoms with Crippen LogP contribution in [-0.2, 0) is 21.2 Å². The quantitative estimate of drug-likeness (QED) is 0.622. The number of carboxylic acids is 1. The molecule has 0 aromatic heterocycles. The van der Waals surface area contributed by atoms with Gasteiger partial charge >= 0.3 is 5.97 Å². The molecule has 0 aliphatic rings. The normalized spacial score (nSPS) is 11.4. The summed E-state index contributed by atoms with van der Waals surface area (Å²) < 4.78 is 33.0. The number of hydrogen-bond acceptors (Lipinski definition) is 4. The second-order valence-corrected chi connectivity index (χ2v) is 7.69. The summed E-state index contributed by atoms with van der Waals surface area (Å²) in [6.07, 6.45) is 0.503. The highest BCUT2D eigenvalue weighted by atomic mass is 32.2. The zero-order chi connectivity index (χ0) is 19.3. The van der Waals surface area contributed by atoms with Crippen molar-refractivity contribution in [3.8, 4) is 5.75 Å². The lowest BCUT2D eigenvalue weighted by Gasteiger charge is -2.10. The molecule has 3 aromatic rings. The average molecular weight is 385 g/mol. The zero-order valence-electron chi connectivity index (χ0n) is 14.5. The van der Waals surface area contributed by atoms with Gasteiger partial charge in [-0.25, -0.2) is 17.9 Å². The van der Waals surface area contributed by atoms with Crippen LogP contribution in [0, 0.1) is 0 Å². The molecule has 0 aliphatic carbocycles. The first kappa shape index (κ1) is 18.9. The van der Waals surface area contributed by atoms with Crippen LogP contribution in [0.25, 0.3) is 10.8 Å². The van der Waals surface area contributed by atoms with Crippen molar-refractivity contribution in [3.05, 3.63) is 72.3 Å². The first-order valence-corrected chi connectivity index (χ1v) is 9.85. The Kier molecular flexibility index (Phi) is 5.73. The topological polar surface area (TPSA) is 92.7 Å². The molecule has 2 N–H and O–H groups in total. The van der Waals surface area contributed by atoms with E-state index >= 15 is 0 Å². The molecule has 0 spiro atoms. The minimum atomic E-state index is -3.62. The first-order chi connectivity index (χ1) is 13.0. The van der Waals surface area contributed by atoms with Gasteiger partial charge in [0.15, 0.2) is 6.61 Å². The van der Waals surface area contributed by atoms with Crippen LogP contribution in [-0.4, -0.2) is 32.6 Å². The Morgan fingerprint density at radius 1 is 0.963 bits per heavy atom. The van der Waals surface area contributed by atoms with Crippen LogP contribution in [0.5, 0.6) is 5.75 Å². The molecule has 3 aromatic carbocycles. The van der Waals surface area contributed by atoms with Gasteiger partial charge in [0.25, 0.3) is 0 Å². The van der Waals surface area contributed by atoms with Crippen molar-refractivity contribution in [3.63, 3.8) is 0 Å². The smallest absolute Gasteiger partial charge is 0.341 e. The third kappa shape index (κ3) is 4.84. The van der Waals surface area contributed by atoms with Crippen LogP contribution in [0.3, 0.4) is 0 Å². The molecule has 0 atom stereocenters. The molecule has 0 radical (unpaired) electrons. The number of nitrogens with one attached hydrogen (secondary N) is 1. The van der Waals surface area contributed by atoms with Gasteiger partial charge in [0.05, 0.1) is 4.90 Å². The van der Waals surface area contributed by atoms with E-state index in [1.807, 2.05) is 24.3 Å². The Morgan fingerprint density at radius 2 is 1.67 bits per heavy atom. The van der Waals surface area contributed by atoms with Gasteiger partial charge in [-0.1, -0.05) is 48.5 Å². The molecule has 6 nitrogen and oxygen atoms in total. The van der Waals surface area contributed by atoms with E-state index in [4.69, 9.17) is 9.84 Å². The molecule has 0 saturated heterocycles. The van der Waals surface area contributed by atoms with Crippen molar-refractivity contribution in [2.24, 2.45) is 0 Å². The van der Waals surface area contributed by atoms with Crippen LogP contribution in [0.1, 0.15) is 5.56 Å². The van der Waals surface area contributed by atoms with E-state index in [1.165, 1.54) is 0 Å². The molecule has 0 bridgehead atoms. The fraction of sp³-hybridized carbons (Fsp3) is 0.150. The number of sulfonamides is 1. The molecule has 0 amide bonds. The summed E-state index contributed by atoms with van der Waals surface area (Å²) >= 11 is 0. The van der Waals surface area contributed by atoms with Crippen molar-refractivity contribution >= 4 is 26.8 Å². The molecule has 140 valence electrons. The van der Waals surface area contributed by atoms with Crippen molar-refractivity contribution in [1.82, 2.24) is 4.72 Å².